The highest BCUT2D eigenvalue weighted by Gasteiger charge is 2.22. The standard InChI is InChI=1S/C15H25ClN2S/c1-11(2)9-18(14-4-6-17-7-5-14)10-13-8-15(16)19-12(13)3/h8,11,14,17H,4-7,9-10H2,1-3H3. The maximum absolute atomic E-state index is 6.13. The maximum Gasteiger partial charge on any atom is 0.0934 e. The molecule has 2 rings (SSSR count). The fourth-order valence-electron chi connectivity index (χ4n) is 2.84. The summed E-state index contributed by atoms with van der Waals surface area (Å²) < 4.78 is 0.919. The molecule has 1 saturated heterocycles. The van der Waals surface area contributed by atoms with E-state index in [0.29, 0.717) is 5.92 Å². The van der Waals surface area contributed by atoms with Crippen molar-refractivity contribution in [1.82, 2.24) is 10.2 Å². The minimum absolute atomic E-state index is 0.712. The Hall–Kier alpha value is -0.0900. The van der Waals surface area contributed by atoms with Crippen LogP contribution in [0, 0.1) is 12.8 Å². The molecule has 1 N–H and O–H groups in total. The van der Waals surface area contributed by atoms with Crippen LogP contribution in [-0.4, -0.2) is 30.6 Å². The van der Waals surface area contributed by atoms with E-state index in [9.17, 15) is 0 Å². The molecule has 1 aliphatic heterocycles. The van der Waals surface area contributed by atoms with Gasteiger partial charge in [0.25, 0.3) is 0 Å². The van der Waals surface area contributed by atoms with Crippen LogP contribution in [0.5, 0.6) is 0 Å². The van der Waals surface area contributed by atoms with Crippen LogP contribution < -0.4 is 5.32 Å². The van der Waals surface area contributed by atoms with Crippen LogP contribution in [-0.2, 0) is 6.54 Å². The van der Waals surface area contributed by atoms with Crippen molar-refractivity contribution in [3.8, 4) is 0 Å². The van der Waals surface area contributed by atoms with Crippen LogP contribution in [0.4, 0.5) is 0 Å². The molecule has 1 fully saturated rings. The Bertz CT molecular complexity index is 397. The summed E-state index contributed by atoms with van der Waals surface area (Å²) in [5, 5.41) is 3.46. The topological polar surface area (TPSA) is 15.3 Å². The van der Waals surface area contributed by atoms with Gasteiger partial charge in [0.2, 0.25) is 0 Å². The molecule has 0 radical (unpaired) electrons. The molecule has 2 heterocycles. The van der Waals surface area contributed by atoms with Gasteiger partial charge in [-0.15, -0.1) is 11.3 Å². The van der Waals surface area contributed by atoms with E-state index in [0.717, 1.165) is 30.0 Å². The van der Waals surface area contributed by atoms with Crippen LogP contribution >= 0.6 is 22.9 Å². The zero-order valence-corrected chi connectivity index (χ0v) is 13.8. The third kappa shape index (κ3) is 4.45. The van der Waals surface area contributed by atoms with Crippen LogP contribution in [0.25, 0.3) is 0 Å². The molecule has 4 heteroatoms. The Morgan fingerprint density at radius 3 is 2.63 bits per heavy atom. The summed E-state index contributed by atoms with van der Waals surface area (Å²) in [6.45, 7) is 11.3. The minimum Gasteiger partial charge on any atom is -0.317 e. The number of piperidine rings is 1. The van der Waals surface area contributed by atoms with E-state index < -0.39 is 0 Å². The largest absolute Gasteiger partial charge is 0.317 e. The number of nitrogens with zero attached hydrogens (tertiary/aromatic N) is 1. The van der Waals surface area contributed by atoms with E-state index in [4.69, 9.17) is 11.6 Å². The summed E-state index contributed by atoms with van der Waals surface area (Å²) in [5.74, 6) is 0.712. The number of halogens is 1. The predicted octanol–water partition coefficient (Wildman–Crippen LogP) is 3.92. The number of rotatable bonds is 5. The fraction of sp³-hybridized carbons (Fsp3) is 0.733. The highest BCUT2D eigenvalue weighted by molar-refractivity contribution is 7.16. The molecule has 19 heavy (non-hydrogen) atoms. The summed E-state index contributed by atoms with van der Waals surface area (Å²) >= 11 is 7.83. The lowest BCUT2D eigenvalue weighted by atomic mass is 10.0. The molecule has 0 atom stereocenters. The van der Waals surface area contributed by atoms with Crippen molar-refractivity contribution in [2.75, 3.05) is 19.6 Å². The van der Waals surface area contributed by atoms with Gasteiger partial charge < -0.3 is 5.32 Å². The Morgan fingerprint density at radius 1 is 1.42 bits per heavy atom. The van der Waals surface area contributed by atoms with Gasteiger partial charge >= 0.3 is 0 Å². The second-order valence-electron chi connectivity index (χ2n) is 5.94. The third-order valence-electron chi connectivity index (χ3n) is 3.79. The molecule has 2 nitrogen and oxygen atoms in total. The molecule has 0 aromatic carbocycles. The normalized spacial score (nSPS) is 17.6. The SMILES string of the molecule is Cc1sc(Cl)cc1CN(CC(C)C)C1CCNCC1. The summed E-state index contributed by atoms with van der Waals surface area (Å²) in [4.78, 5) is 4.03. The van der Waals surface area contributed by atoms with Gasteiger partial charge in [0.05, 0.1) is 4.34 Å². The van der Waals surface area contributed by atoms with Crippen LogP contribution in [0.3, 0.4) is 0 Å². The van der Waals surface area contributed by atoms with Gasteiger partial charge in [-0.2, -0.15) is 0 Å². The van der Waals surface area contributed by atoms with Gasteiger partial charge in [0.1, 0.15) is 0 Å². The van der Waals surface area contributed by atoms with Gasteiger partial charge in [0.15, 0.2) is 0 Å². The van der Waals surface area contributed by atoms with E-state index in [-0.39, 0.29) is 0 Å². The van der Waals surface area contributed by atoms with Crippen LogP contribution in [0.1, 0.15) is 37.1 Å². The first-order valence-corrected chi connectivity index (χ1v) is 8.45. The molecule has 0 aliphatic carbocycles. The third-order valence-corrected chi connectivity index (χ3v) is 5.01. The molecule has 1 aliphatic rings. The Balaban J connectivity index is 2.06. The van der Waals surface area contributed by atoms with Gasteiger partial charge in [-0.3, -0.25) is 4.90 Å². The highest BCUT2D eigenvalue weighted by Crippen LogP contribution is 2.28. The van der Waals surface area contributed by atoms with Crippen molar-refractivity contribution in [3.05, 3.63) is 20.8 Å². The second kappa shape index (κ2) is 7.07. The lowest BCUT2D eigenvalue weighted by Crippen LogP contribution is -2.44. The molecule has 0 bridgehead atoms. The van der Waals surface area contributed by atoms with Gasteiger partial charge in [-0.05, 0) is 50.4 Å². The van der Waals surface area contributed by atoms with E-state index in [1.165, 1.54) is 29.8 Å². The average molecular weight is 301 g/mol. The number of nitrogens with one attached hydrogen (secondary N) is 1. The van der Waals surface area contributed by atoms with Crippen molar-refractivity contribution < 1.29 is 0 Å². The average Bonchev–Trinajstić information content (AvgIpc) is 2.67. The Kier molecular flexibility index (Phi) is 5.70. The Morgan fingerprint density at radius 2 is 2.11 bits per heavy atom. The first kappa shape index (κ1) is 15.3. The number of hydrogen-bond donors (Lipinski definition) is 1. The highest BCUT2D eigenvalue weighted by atomic mass is 35.5. The van der Waals surface area contributed by atoms with Crippen molar-refractivity contribution in [3.63, 3.8) is 0 Å². The smallest absolute Gasteiger partial charge is 0.0934 e. The van der Waals surface area contributed by atoms with Crippen LogP contribution in [0.2, 0.25) is 4.34 Å². The zero-order valence-electron chi connectivity index (χ0n) is 12.2. The Labute approximate surface area is 126 Å². The molecule has 1 aromatic rings. The minimum atomic E-state index is 0.712. The lowest BCUT2D eigenvalue weighted by molar-refractivity contribution is 0.137. The van der Waals surface area contributed by atoms with E-state index in [1.54, 1.807) is 11.3 Å². The molecular formula is C15H25ClN2S. The monoisotopic (exact) mass is 300 g/mol. The summed E-state index contributed by atoms with van der Waals surface area (Å²) in [6, 6.07) is 2.87. The molecule has 1 aromatic heterocycles. The number of thiophene rings is 1. The van der Waals surface area contributed by atoms with E-state index in [1.807, 2.05) is 0 Å². The first-order valence-electron chi connectivity index (χ1n) is 7.26. The number of hydrogen-bond acceptors (Lipinski definition) is 3. The molecule has 0 saturated carbocycles. The molecule has 0 unspecified atom stereocenters. The lowest BCUT2D eigenvalue weighted by Gasteiger charge is -2.35. The van der Waals surface area contributed by atoms with Gasteiger partial charge in [0, 0.05) is 24.0 Å². The van der Waals surface area contributed by atoms with Crippen molar-refractivity contribution in [2.24, 2.45) is 5.92 Å². The molecule has 0 spiro atoms. The summed E-state index contributed by atoms with van der Waals surface area (Å²) in [6.07, 6.45) is 2.53. The first-order chi connectivity index (χ1) is 9.06. The summed E-state index contributed by atoms with van der Waals surface area (Å²) in [5.41, 5.74) is 1.41. The molecule has 0 amide bonds. The fourth-order valence-corrected chi connectivity index (χ4v) is 4.07. The second-order valence-corrected chi connectivity index (χ2v) is 7.82. The molecule has 108 valence electrons. The zero-order chi connectivity index (χ0) is 13.8. The maximum atomic E-state index is 6.13. The molecular weight excluding hydrogens is 276 g/mol. The summed E-state index contributed by atoms with van der Waals surface area (Å²) in [7, 11) is 0. The van der Waals surface area contributed by atoms with Crippen molar-refractivity contribution in [1.29, 1.82) is 0 Å². The van der Waals surface area contributed by atoms with Gasteiger partial charge in [-0.1, -0.05) is 25.4 Å². The van der Waals surface area contributed by atoms with E-state index >= 15 is 0 Å². The van der Waals surface area contributed by atoms with Crippen molar-refractivity contribution in [2.45, 2.75) is 46.2 Å². The van der Waals surface area contributed by atoms with Crippen LogP contribution in [0.15, 0.2) is 6.07 Å². The quantitative estimate of drug-likeness (QED) is 0.886. The van der Waals surface area contributed by atoms with E-state index in [2.05, 4.69) is 37.1 Å². The van der Waals surface area contributed by atoms with Crippen molar-refractivity contribution >= 4 is 22.9 Å². The number of aryl methyl sites for hydroxylation is 1. The van der Waals surface area contributed by atoms with Gasteiger partial charge in [-0.25, -0.2) is 0 Å². The predicted molar refractivity (Wildman–Crippen MR) is 85.2 cm³/mol.